The van der Waals surface area contributed by atoms with E-state index in [4.69, 9.17) is 0 Å². The van der Waals surface area contributed by atoms with Gasteiger partial charge in [0.2, 0.25) is 0 Å². The molecule has 1 N–H and O–H groups in total. The number of alkyl halides is 2. The quantitative estimate of drug-likeness (QED) is 0.669. The van der Waals surface area contributed by atoms with Gasteiger partial charge in [-0.15, -0.1) is 0 Å². The van der Waals surface area contributed by atoms with Crippen LogP contribution in [0.2, 0.25) is 0 Å². The maximum atomic E-state index is 14.7. The lowest BCUT2D eigenvalue weighted by atomic mass is 10.1. The van der Waals surface area contributed by atoms with Crippen LogP contribution < -0.4 is 5.32 Å². The van der Waals surface area contributed by atoms with Crippen LogP contribution in [0.4, 0.5) is 14.5 Å². The number of aromatic nitrogens is 1. The minimum absolute atomic E-state index is 0.267. The van der Waals surface area contributed by atoms with Crippen molar-refractivity contribution in [1.82, 2.24) is 4.57 Å². The second-order valence-electron chi connectivity index (χ2n) is 5.37. The Balaban J connectivity index is 2.25. The number of fused-ring (bicyclic) bond motifs is 5. The first-order valence-electron chi connectivity index (χ1n) is 6.91. The summed E-state index contributed by atoms with van der Waals surface area (Å²) in [7, 11) is 0. The summed E-state index contributed by atoms with van der Waals surface area (Å²) >= 11 is 0. The van der Waals surface area contributed by atoms with Crippen LogP contribution in [-0.4, -0.2) is 10.5 Å². The van der Waals surface area contributed by atoms with Crippen LogP contribution in [0.25, 0.3) is 16.6 Å². The molecule has 0 unspecified atom stereocenters. The minimum Gasteiger partial charge on any atom is -0.319 e. The van der Waals surface area contributed by atoms with Crippen LogP contribution in [0.5, 0.6) is 0 Å². The third kappa shape index (κ3) is 1.51. The number of nitrogens with one attached hydrogen (secondary N) is 1. The zero-order valence-corrected chi connectivity index (χ0v) is 11.7. The highest BCUT2D eigenvalue weighted by molar-refractivity contribution is 6.02. The molecule has 3 aromatic rings. The Hall–Kier alpha value is -2.69. The lowest BCUT2D eigenvalue weighted by molar-refractivity contribution is -0.141. The Morgan fingerprint density at radius 1 is 1.05 bits per heavy atom. The number of anilines is 1. The molecule has 0 fully saturated rings. The van der Waals surface area contributed by atoms with E-state index >= 15 is 0 Å². The van der Waals surface area contributed by atoms with E-state index in [-0.39, 0.29) is 5.69 Å². The molecule has 0 saturated carbocycles. The first-order valence-corrected chi connectivity index (χ1v) is 6.91. The second-order valence-corrected chi connectivity index (χ2v) is 5.37. The molecule has 3 nitrogen and oxygen atoms in total. The number of carbonyl (C=O) groups excluding carboxylic acids is 1. The fourth-order valence-electron chi connectivity index (χ4n) is 3.11. The van der Waals surface area contributed by atoms with E-state index in [0.29, 0.717) is 22.5 Å². The standard InChI is InChI=1S/C17H12F2N2O/c1-10-11-6-2-4-8-13(11)21-14-9-5-3-7-12(14)20-16(22)17(18,19)15(10)21/h2-9H,1H3,(H,20,22). The molecule has 2 heterocycles. The van der Waals surface area contributed by atoms with Crippen molar-refractivity contribution in [2.75, 3.05) is 5.32 Å². The van der Waals surface area contributed by atoms with Gasteiger partial charge in [-0.25, -0.2) is 0 Å². The van der Waals surface area contributed by atoms with Crippen molar-refractivity contribution < 1.29 is 13.6 Å². The highest BCUT2D eigenvalue weighted by atomic mass is 19.3. The largest absolute Gasteiger partial charge is 0.365 e. The number of aryl methyl sites for hydroxylation is 1. The third-order valence-corrected chi connectivity index (χ3v) is 4.10. The number of para-hydroxylation sites is 3. The van der Waals surface area contributed by atoms with E-state index in [1.165, 1.54) is 4.57 Å². The normalized spacial score (nSPS) is 15.9. The number of carbonyl (C=O) groups is 1. The summed E-state index contributed by atoms with van der Waals surface area (Å²) in [5.74, 6) is -4.90. The van der Waals surface area contributed by atoms with Crippen molar-refractivity contribution in [2.24, 2.45) is 0 Å². The number of halogens is 2. The molecule has 110 valence electrons. The average molecular weight is 298 g/mol. The van der Waals surface area contributed by atoms with Crippen LogP contribution in [0.1, 0.15) is 11.3 Å². The predicted octanol–water partition coefficient (Wildman–Crippen LogP) is 3.98. The Labute approximate surface area is 125 Å². The SMILES string of the molecule is Cc1c2n(c3ccccc13)-c1ccccc1NC(=O)C2(F)F. The van der Waals surface area contributed by atoms with E-state index in [9.17, 15) is 13.6 Å². The van der Waals surface area contributed by atoms with Crippen LogP contribution in [0.15, 0.2) is 48.5 Å². The van der Waals surface area contributed by atoms with Crippen LogP contribution in [0, 0.1) is 6.92 Å². The first kappa shape index (κ1) is 13.0. The highest BCUT2D eigenvalue weighted by Crippen LogP contribution is 2.43. The van der Waals surface area contributed by atoms with Gasteiger partial charge in [-0.2, -0.15) is 8.78 Å². The van der Waals surface area contributed by atoms with Crippen LogP contribution in [-0.2, 0) is 10.7 Å². The molecule has 0 atom stereocenters. The number of amides is 1. The van der Waals surface area contributed by atoms with Gasteiger partial charge in [0.25, 0.3) is 0 Å². The molecule has 0 bridgehead atoms. The number of hydrogen-bond acceptors (Lipinski definition) is 1. The summed E-state index contributed by atoms with van der Waals surface area (Å²) in [6.07, 6.45) is 0. The van der Waals surface area contributed by atoms with Gasteiger partial charge in [0.15, 0.2) is 0 Å². The van der Waals surface area contributed by atoms with Crippen molar-refractivity contribution in [3.63, 3.8) is 0 Å². The van der Waals surface area contributed by atoms with Crippen molar-refractivity contribution in [3.8, 4) is 5.69 Å². The molecule has 0 radical (unpaired) electrons. The summed E-state index contributed by atoms with van der Waals surface area (Å²) in [6.45, 7) is 1.63. The van der Waals surface area contributed by atoms with Gasteiger partial charge in [-0.1, -0.05) is 30.3 Å². The smallest absolute Gasteiger partial charge is 0.319 e. The lowest BCUT2D eigenvalue weighted by Gasteiger charge is -2.15. The Morgan fingerprint density at radius 2 is 1.73 bits per heavy atom. The first-order chi connectivity index (χ1) is 10.5. The molecule has 0 saturated heterocycles. The number of nitrogens with zero attached hydrogens (tertiary/aromatic N) is 1. The van der Waals surface area contributed by atoms with E-state index < -0.39 is 11.8 Å². The molecule has 4 rings (SSSR count). The molecular weight excluding hydrogens is 286 g/mol. The summed E-state index contributed by atoms with van der Waals surface area (Å²) < 4.78 is 30.8. The lowest BCUT2D eigenvalue weighted by Crippen LogP contribution is -2.32. The average Bonchev–Trinajstić information content (AvgIpc) is 2.77. The number of benzene rings is 2. The molecule has 1 aliphatic heterocycles. The van der Waals surface area contributed by atoms with Crippen molar-refractivity contribution in [1.29, 1.82) is 0 Å². The number of rotatable bonds is 0. The van der Waals surface area contributed by atoms with Gasteiger partial charge in [0.05, 0.1) is 16.9 Å². The van der Waals surface area contributed by atoms with E-state index in [2.05, 4.69) is 5.32 Å². The molecule has 1 aromatic heterocycles. The van der Waals surface area contributed by atoms with Crippen LogP contribution >= 0.6 is 0 Å². The zero-order chi connectivity index (χ0) is 15.5. The minimum atomic E-state index is -3.60. The Bertz CT molecular complexity index is 928. The van der Waals surface area contributed by atoms with E-state index in [1.807, 2.05) is 0 Å². The van der Waals surface area contributed by atoms with Crippen LogP contribution in [0.3, 0.4) is 0 Å². The summed E-state index contributed by atoms with van der Waals surface area (Å²) in [4.78, 5) is 12.0. The topological polar surface area (TPSA) is 34.0 Å². The van der Waals surface area contributed by atoms with Gasteiger partial charge in [-0.3, -0.25) is 4.79 Å². The molecule has 0 aliphatic carbocycles. The fraction of sp³-hybridized carbons (Fsp3) is 0.118. The van der Waals surface area contributed by atoms with E-state index in [1.54, 1.807) is 55.5 Å². The molecule has 0 spiro atoms. The van der Waals surface area contributed by atoms with Crippen molar-refractivity contribution in [3.05, 3.63) is 59.8 Å². The number of hydrogen-bond donors (Lipinski definition) is 1. The second kappa shape index (κ2) is 4.16. The van der Waals surface area contributed by atoms with Gasteiger partial charge in [-0.05, 0) is 30.7 Å². The maximum Gasteiger partial charge on any atom is 0.365 e. The monoisotopic (exact) mass is 298 g/mol. The van der Waals surface area contributed by atoms with Crippen molar-refractivity contribution >= 4 is 22.5 Å². The molecule has 22 heavy (non-hydrogen) atoms. The molecule has 2 aromatic carbocycles. The fourth-order valence-corrected chi connectivity index (χ4v) is 3.11. The zero-order valence-electron chi connectivity index (χ0n) is 11.7. The molecular formula is C17H12F2N2O. The molecule has 1 amide bonds. The molecule has 1 aliphatic rings. The van der Waals surface area contributed by atoms with Gasteiger partial charge in [0.1, 0.15) is 5.69 Å². The molecule has 5 heteroatoms. The maximum absolute atomic E-state index is 14.7. The highest BCUT2D eigenvalue weighted by Gasteiger charge is 2.48. The Kier molecular flexibility index (Phi) is 2.46. The van der Waals surface area contributed by atoms with E-state index in [0.717, 1.165) is 5.39 Å². The van der Waals surface area contributed by atoms with Gasteiger partial charge >= 0.3 is 11.8 Å². The van der Waals surface area contributed by atoms with Crippen molar-refractivity contribution in [2.45, 2.75) is 12.8 Å². The summed E-state index contributed by atoms with van der Waals surface area (Å²) in [5, 5.41) is 3.05. The summed E-state index contributed by atoms with van der Waals surface area (Å²) in [5.41, 5.74) is 1.75. The van der Waals surface area contributed by atoms with Gasteiger partial charge in [0, 0.05) is 5.39 Å². The Morgan fingerprint density at radius 3 is 2.55 bits per heavy atom. The predicted molar refractivity (Wildman–Crippen MR) is 80.5 cm³/mol. The third-order valence-electron chi connectivity index (χ3n) is 4.10. The summed E-state index contributed by atoms with van der Waals surface area (Å²) in [6, 6.07) is 14.0. The van der Waals surface area contributed by atoms with Gasteiger partial charge < -0.3 is 9.88 Å².